The first-order valence-electron chi connectivity index (χ1n) is 11.3. The van der Waals surface area contributed by atoms with Crippen molar-refractivity contribution in [2.75, 3.05) is 46.3 Å². The molecule has 4 nitrogen and oxygen atoms in total. The van der Waals surface area contributed by atoms with Gasteiger partial charge in [-0.05, 0) is 97.8 Å². The molecule has 1 N–H and O–H groups in total. The highest BCUT2D eigenvalue weighted by Gasteiger charge is 2.08. The summed E-state index contributed by atoms with van der Waals surface area (Å²) in [4.78, 5) is 5.15. The zero-order chi connectivity index (χ0) is 19.6. The van der Waals surface area contributed by atoms with Crippen molar-refractivity contribution in [1.82, 2.24) is 15.1 Å². The molecule has 0 bridgehead atoms. The van der Waals surface area contributed by atoms with Gasteiger partial charge in [0, 0.05) is 12.1 Å². The molecule has 158 valence electrons. The molecule has 0 aliphatic rings. The highest BCUT2D eigenvalue weighted by molar-refractivity contribution is 6.27. The average Bonchev–Trinajstić information content (AvgIpc) is 2.64. The Labute approximate surface area is 167 Å². The van der Waals surface area contributed by atoms with Gasteiger partial charge in [0.05, 0.1) is 0 Å². The molecular weight excluding hydrogens is 338 g/mol. The second kappa shape index (κ2) is 18.4. The molecule has 0 rings (SSSR count). The number of rotatable bonds is 19. The molecule has 0 spiro atoms. The summed E-state index contributed by atoms with van der Waals surface area (Å²) in [5.74, 6) is 0. The quantitative estimate of drug-likeness (QED) is 0.271. The van der Waals surface area contributed by atoms with Crippen LogP contribution < -0.4 is 5.32 Å². The van der Waals surface area contributed by atoms with E-state index in [1.165, 1.54) is 64.5 Å². The lowest BCUT2D eigenvalue weighted by atomic mass is 10.2. The van der Waals surface area contributed by atoms with E-state index in [4.69, 9.17) is 4.43 Å². The van der Waals surface area contributed by atoms with Crippen molar-refractivity contribution in [3.05, 3.63) is 0 Å². The first-order chi connectivity index (χ1) is 12.6. The smallest absolute Gasteiger partial charge is 0.163 e. The molecule has 0 aromatic rings. The van der Waals surface area contributed by atoms with Crippen molar-refractivity contribution in [2.45, 2.75) is 91.3 Å². The Hall–Kier alpha value is 0.0569. The fourth-order valence-electron chi connectivity index (χ4n) is 3.25. The van der Waals surface area contributed by atoms with E-state index in [0.29, 0.717) is 12.1 Å². The van der Waals surface area contributed by atoms with Crippen molar-refractivity contribution in [1.29, 1.82) is 0 Å². The minimum absolute atomic E-state index is 0.361. The molecule has 0 fully saturated rings. The maximum Gasteiger partial charge on any atom is 0.163 e. The van der Waals surface area contributed by atoms with Crippen molar-refractivity contribution in [3.63, 3.8) is 0 Å². The normalized spacial score (nSPS) is 13.7. The number of nitrogens with zero attached hydrogens (tertiary/aromatic N) is 2. The molecule has 0 aromatic carbocycles. The van der Waals surface area contributed by atoms with E-state index in [0.717, 1.165) is 19.4 Å². The fraction of sp³-hybridized carbons (Fsp3) is 1.00. The topological polar surface area (TPSA) is 27.7 Å². The highest BCUT2D eigenvalue weighted by Crippen LogP contribution is 2.04. The van der Waals surface area contributed by atoms with E-state index in [-0.39, 0.29) is 9.76 Å². The molecule has 0 amide bonds. The van der Waals surface area contributed by atoms with Gasteiger partial charge in [0.25, 0.3) is 0 Å². The standard InChI is InChI=1S/C21H49N3OSi/c1-7-14-23(6)15-12-17-24(16-11-13-22-20(5)8-2)18-19-26-25-21(9-3)10-4/h20-22H,7-19,26H2,1-6H3. The van der Waals surface area contributed by atoms with Crippen LogP contribution in [-0.4, -0.2) is 78.0 Å². The summed E-state index contributed by atoms with van der Waals surface area (Å²) < 4.78 is 6.13. The Morgan fingerprint density at radius 2 is 1.58 bits per heavy atom. The van der Waals surface area contributed by atoms with Gasteiger partial charge in [0.2, 0.25) is 0 Å². The van der Waals surface area contributed by atoms with Crippen molar-refractivity contribution < 1.29 is 4.43 Å². The lowest BCUT2D eigenvalue weighted by molar-refractivity contribution is 0.198. The van der Waals surface area contributed by atoms with E-state index in [1.807, 2.05) is 0 Å². The van der Waals surface area contributed by atoms with Gasteiger partial charge in [-0.1, -0.05) is 27.7 Å². The van der Waals surface area contributed by atoms with E-state index in [9.17, 15) is 0 Å². The van der Waals surface area contributed by atoms with Crippen LogP contribution in [0.3, 0.4) is 0 Å². The minimum atomic E-state index is -0.361. The van der Waals surface area contributed by atoms with Gasteiger partial charge >= 0.3 is 0 Å². The monoisotopic (exact) mass is 387 g/mol. The molecule has 5 heteroatoms. The van der Waals surface area contributed by atoms with Crippen LogP contribution in [0.2, 0.25) is 6.04 Å². The summed E-state index contributed by atoms with van der Waals surface area (Å²) in [6.07, 6.45) is 7.84. The van der Waals surface area contributed by atoms with Crippen LogP contribution in [0.15, 0.2) is 0 Å². The SMILES string of the molecule is CCCN(C)CCCN(CCCNC(C)CC)CC[SiH2]OC(CC)CC. The van der Waals surface area contributed by atoms with Crippen LogP contribution >= 0.6 is 0 Å². The summed E-state index contributed by atoms with van der Waals surface area (Å²) in [6, 6.07) is 1.94. The third-order valence-corrected chi connectivity index (χ3v) is 6.57. The van der Waals surface area contributed by atoms with Crippen LogP contribution in [0.1, 0.15) is 73.1 Å². The van der Waals surface area contributed by atoms with E-state index in [1.54, 1.807) is 0 Å². The summed E-state index contributed by atoms with van der Waals surface area (Å²) >= 11 is 0. The van der Waals surface area contributed by atoms with Crippen LogP contribution in [0.4, 0.5) is 0 Å². The zero-order valence-electron chi connectivity index (χ0n) is 18.9. The van der Waals surface area contributed by atoms with Crippen LogP contribution in [0.5, 0.6) is 0 Å². The number of hydrogen-bond donors (Lipinski definition) is 1. The van der Waals surface area contributed by atoms with Gasteiger partial charge in [-0.15, -0.1) is 0 Å². The molecule has 1 atom stereocenters. The molecule has 0 aromatic heterocycles. The predicted molar refractivity (Wildman–Crippen MR) is 120 cm³/mol. The lowest BCUT2D eigenvalue weighted by Gasteiger charge is -2.25. The molecule has 0 saturated heterocycles. The van der Waals surface area contributed by atoms with Crippen molar-refractivity contribution in [3.8, 4) is 0 Å². The molecule has 0 heterocycles. The van der Waals surface area contributed by atoms with E-state index in [2.05, 4.69) is 56.8 Å². The van der Waals surface area contributed by atoms with E-state index >= 15 is 0 Å². The van der Waals surface area contributed by atoms with Crippen LogP contribution in [0, 0.1) is 0 Å². The third-order valence-electron chi connectivity index (χ3n) is 5.26. The largest absolute Gasteiger partial charge is 0.421 e. The summed E-state index contributed by atoms with van der Waals surface area (Å²) in [5, 5.41) is 3.63. The molecule has 26 heavy (non-hydrogen) atoms. The highest BCUT2D eigenvalue weighted by atomic mass is 28.2. The molecule has 1 unspecified atom stereocenters. The first kappa shape index (κ1) is 26.1. The molecule has 0 radical (unpaired) electrons. The maximum absolute atomic E-state index is 6.13. The van der Waals surface area contributed by atoms with Gasteiger partial charge in [0.1, 0.15) is 0 Å². The van der Waals surface area contributed by atoms with Gasteiger partial charge in [-0.25, -0.2) is 0 Å². The Kier molecular flexibility index (Phi) is 18.5. The Morgan fingerprint density at radius 1 is 0.885 bits per heavy atom. The van der Waals surface area contributed by atoms with Crippen LogP contribution in [0.25, 0.3) is 0 Å². The average molecular weight is 388 g/mol. The predicted octanol–water partition coefficient (Wildman–Crippen LogP) is 3.51. The zero-order valence-corrected chi connectivity index (χ0v) is 20.3. The second-order valence-corrected chi connectivity index (χ2v) is 9.23. The molecule has 0 saturated carbocycles. The van der Waals surface area contributed by atoms with Crippen molar-refractivity contribution >= 4 is 9.76 Å². The number of hydrogen-bond acceptors (Lipinski definition) is 4. The van der Waals surface area contributed by atoms with Gasteiger partial charge in [0.15, 0.2) is 9.76 Å². The summed E-state index contributed by atoms with van der Waals surface area (Å²) in [6.45, 7) is 18.5. The third kappa shape index (κ3) is 15.1. The number of nitrogens with one attached hydrogen (secondary N) is 1. The maximum atomic E-state index is 6.13. The van der Waals surface area contributed by atoms with Crippen LogP contribution in [-0.2, 0) is 4.43 Å². The first-order valence-corrected chi connectivity index (χ1v) is 12.9. The minimum Gasteiger partial charge on any atom is -0.421 e. The Bertz CT molecular complexity index is 290. The molecular formula is C21H49N3OSi. The van der Waals surface area contributed by atoms with Gasteiger partial charge in [-0.2, -0.15) is 0 Å². The lowest BCUT2D eigenvalue weighted by Crippen LogP contribution is -2.34. The Morgan fingerprint density at radius 3 is 2.19 bits per heavy atom. The molecule has 0 aliphatic heterocycles. The summed E-state index contributed by atoms with van der Waals surface area (Å²) in [7, 11) is 1.89. The van der Waals surface area contributed by atoms with E-state index < -0.39 is 0 Å². The summed E-state index contributed by atoms with van der Waals surface area (Å²) in [5.41, 5.74) is 0. The van der Waals surface area contributed by atoms with Gasteiger partial charge < -0.3 is 19.5 Å². The molecule has 0 aliphatic carbocycles. The Balaban J connectivity index is 4.09. The van der Waals surface area contributed by atoms with Crippen molar-refractivity contribution in [2.24, 2.45) is 0 Å². The fourth-order valence-corrected chi connectivity index (χ4v) is 4.80. The van der Waals surface area contributed by atoms with Gasteiger partial charge in [-0.3, -0.25) is 0 Å². The second-order valence-electron chi connectivity index (χ2n) is 7.78.